The third-order valence-corrected chi connectivity index (χ3v) is 5.94. The van der Waals surface area contributed by atoms with Crippen molar-refractivity contribution in [2.75, 3.05) is 7.11 Å². The number of carbonyl (C=O) groups excluding carboxylic acids is 2. The molecule has 0 radical (unpaired) electrons. The van der Waals surface area contributed by atoms with Gasteiger partial charge < -0.3 is 14.8 Å². The SMILES string of the molecule is COC(=O)[C@@H](Cc1ccc(OCc2ccccc2)cc1)NC(=O)C(c1ccccc1)c1ccccc1. The second kappa shape index (κ2) is 12.4. The number of ether oxygens (including phenoxy) is 2. The molecule has 0 bridgehead atoms. The summed E-state index contributed by atoms with van der Waals surface area (Å²) in [4.78, 5) is 26.1. The summed E-state index contributed by atoms with van der Waals surface area (Å²) in [6.07, 6.45) is 0.299. The van der Waals surface area contributed by atoms with Gasteiger partial charge in [-0.2, -0.15) is 0 Å². The van der Waals surface area contributed by atoms with E-state index in [-0.39, 0.29) is 5.91 Å². The maximum absolute atomic E-state index is 13.5. The average molecular weight is 480 g/mol. The van der Waals surface area contributed by atoms with Crippen molar-refractivity contribution in [2.45, 2.75) is 25.0 Å². The van der Waals surface area contributed by atoms with Crippen molar-refractivity contribution in [1.82, 2.24) is 5.32 Å². The molecule has 4 aromatic rings. The molecule has 182 valence electrons. The minimum absolute atomic E-state index is 0.259. The van der Waals surface area contributed by atoms with Gasteiger partial charge in [-0.25, -0.2) is 4.79 Å². The van der Waals surface area contributed by atoms with Crippen LogP contribution in [0.1, 0.15) is 28.2 Å². The van der Waals surface area contributed by atoms with Crippen LogP contribution in [0.5, 0.6) is 5.75 Å². The van der Waals surface area contributed by atoms with Gasteiger partial charge in [-0.3, -0.25) is 4.79 Å². The van der Waals surface area contributed by atoms with Crippen molar-refractivity contribution in [1.29, 1.82) is 0 Å². The van der Waals surface area contributed by atoms with E-state index in [1.165, 1.54) is 7.11 Å². The van der Waals surface area contributed by atoms with Crippen molar-refractivity contribution in [3.8, 4) is 5.75 Å². The summed E-state index contributed by atoms with van der Waals surface area (Å²) in [5.74, 6) is -0.568. The highest BCUT2D eigenvalue weighted by molar-refractivity contribution is 5.91. The molecule has 5 nitrogen and oxygen atoms in total. The largest absolute Gasteiger partial charge is 0.489 e. The molecule has 0 aromatic heterocycles. The number of benzene rings is 4. The Labute approximate surface area is 211 Å². The van der Waals surface area contributed by atoms with Gasteiger partial charge in [0.15, 0.2) is 0 Å². The highest BCUT2D eigenvalue weighted by Gasteiger charge is 2.28. The molecule has 0 heterocycles. The van der Waals surface area contributed by atoms with E-state index in [0.717, 1.165) is 28.0 Å². The highest BCUT2D eigenvalue weighted by atomic mass is 16.5. The topological polar surface area (TPSA) is 64.6 Å². The van der Waals surface area contributed by atoms with E-state index in [1.807, 2.05) is 115 Å². The first-order valence-electron chi connectivity index (χ1n) is 11.9. The number of hydrogen-bond acceptors (Lipinski definition) is 4. The summed E-state index contributed by atoms with van der Waals surface area (Å²) in [6.45, 7) is 0.474. The van der Waals surface area contributed by atoms with Crippen LogP contribution in [0.4, 0.5) is 0 Å². The van der Waals surface area contributed by atoms with Crippen molar-refractivity contribution in [3.05, 3.63) is 138 Å². The van der Waals surface area contributed by atoms with E-state index in [0.29, 0.717) is 13.0 Å². The first-order valence-corrected chi connectivity index (χ1v) is 11.9. The summed E-state index contributed by atoms with van der Waals surface area (Å²) in [6, 6.07) is 35.7. The lowest BCUT2D eigenvalue weighted by Crippen LogP contribution is -2.45. The molecule has 0 saturated carbocycles. The third kappa shape index (κ3) is 6.60. The normalized spacial score (nSPS) is 11.5. The Bertz CT molecular complexity index is 1200. The Balaban J connectivity index is 1.47. The van der Waals surface area contributed by atoms with Crippen molar-refractivity contribution in [3.63, 3.8) is 0 Å². The van der Waals surface area contributed by atoms with Crippen LogP contribution in [-0.4, -0.2) is 25.0 Å². The molecule has 0 unspecified atom stereocenters. The highest BCUT2D eigenvalue weighted by Crippen LogP contribution is 2.25. The smallest absolute Gasteiger partial charge is 0.328 e. The molecule has 1 amide bonds. The molecule has 0 fully saturated rings. The van der Waals surface area contributed by atoms with E-state index in [2.05, 4.69) is 5.32 Å². The lowest BCUT2D eigenvalue weighted by atomic mass is 9.90. The van der Waals surface area contributed by atoms with Crippen molar-refractivity contribution >= 4 is 11.9 Å². The van der Waals surface area contributed by atoms with Crippen LogP contribution in [0.25, 0.3) is 0 Å². The summed E-state index contributed by atoms with van der Waals surface area (Å²) in [5, 5.41) is 2.93. The Morgan fingerprint density at radius 2 is 1.22 bits per heavy atom. The molecule has 1 N–H and O–H groups in total. The van der Waals surface area contributed by atoms with E-state index in [1.54, 1.807) is 0 Å². The first-order chi connectivity index (χ1) is 17.6. The Morgan fingerprint density at radius 1 is 0.694 bits per heavy atom. The number of carbonyl (C=O) groups is 2. The predicted octanol–water partition coefficient (Wildman–Crippen LogP) is 5.30. The maximum Gasteiger partial charge on any atom is 0.328 e. The minimum atomic E-state index is -0.825. The monoisotopic (exact) mass is 479 g/mol. The van der Waals surface area contributed by atoms with Gasteiger partial charge in [0, 0.05) is 6.42 Å². The van der Waals surface area contributed by atoms with E-state index in [9.17, 15) is 9.59 Å². The lowest BCUT2D eigenvalue weighted by Gasteiger charge is -2.22. The fraction of sp³-hybridized carbons (Fsp3) is 0.161. The molecule has 4 rings (SSSR count). The number of esters is 1. The quantitative estimate of drug-likeness (QED) is 0.314. The van der Waals surface area contributed by atoms with E-state index >= 15 is 0 Å². The van der Waals surface area contributed by atoms with Gasteiger partial charge in [0.2, 0.25) is 5.91 Å². The molecule has 0 saturated heterocycles. The maximum atomic E-state index is 13.5. The van der Waals surface area contributed by atoms with Gasteiger partial charge in [0.1, 0.15) is 18.4 Å². The molecule has 5 heteroatoms. The zero-order valence-electron chi connectivity index (χ0n) is 20.2. The molecule has 36 heavy (non-hydrogen) atoms. The number of rotatable bonds is 10. The summed E-state index contributed by atoms with van der Waals surface area (Å²) in [7, 11) is 1.33. The summed E-state index contributed by atoms with van der Waals surface area (Å²) < 4.78 is 10.9. The molecule has 0 aliphatic rings. The number of hydrogen-bond donors (Lipinski definition) is 1. The number of nitrogens with one attached hydrogen (secondary N) is 1. The summed E-state index contributed by atoms with van der Waals surface area (Å²) in [5.41, 5.74) is 3.67. The van der Waals surface area contributed by atoms with Crippen LogP contribution in [0, 0.1) is 0 Å². The molecular weight excluding hydrogens is 450 g/mol. The van der Waals surface area contributed by atoms with Crippen LogP contribution < -0.4 is 10.1 Å². The van der Waals surface area contributed by atoms with Gasteiger partial charge in [-0.05, 0) is 34.4 Å². The molecule has 0 aliphatic carbocycles. The molecule has 0 spiro atoms. The van der Waals surface area contributed by atoms with Crippen LogP contribution in [0.3, 0.4) is 0 Å². The number of methoxy groups -OCH3 is 1. The van der Waals surface area contributed by atoms with Crippen molar-refractivity contribution < 1.29 is 19.1 Å². The lowest BCUT2D eigenvalue weighted by molar-refractivity contribution is -0.145. The Kier molecular flexibility index (Phi) is 8.49. The van der Waals surface area contributed by atoms with Crippen LogP contribution in [0.2, 0.25) is 0 Å². The molecular formula is C31H29NO4. The molecule has 4 aromatic carbocycles. The van der Waals surface area contributed by atoms with Gasteiger partial charge in [0.05, 0.1) is 13.0 Å². The first kappa shape index (κ1) is 24.7. The minimum Gasteiger partial charge on any atom is -0.489 e. The number of amides is 1. The Morgan fingerprint density at radius 3 is 1.75 bits per heavy atom. The Hall–Kier alpha value is -4.38. The van der Waals surface area contributed by atoms with Gasteiger partial charge in [-0.15, -0.1) is 0 Å². The van der Waals surface area contributed by atoms with E-state index < -0.39 is 17.9 Å². The van der Waals surface area contributed by atoms with Crippen molar-refractivity contribution in [2.24, 2.45) is 0 Å². The zero-order chi connectivity index (χ0) is 25.2. The van der Waals surface area contributed by atoms with Gasteiger partial charge in [0.25, 0.3) is 0 Å². The van der Waals surface area contributed by atoms with Crippen LogP contribution in [0.15, 0.2) is 115 Å². The van der Waals surface area contributed by atoms with E-state index in [4.69, 9.17) is 9.47 Å². The second-order valence-electron chi connectivity index (χ2n) is 8.46. The fourth-order valence-corrected chi connectivity index (χ4v) is 4.08. The van der Waals surface area contributed by atoms with Gasteiger partial charge in [-0.1, -0.05) is 103 Å². The fourth-order valence-electron chi connectivity index (χ4n) is 4.08. The van der Waals surface area contributed by atoms with Crippen LogP contribution >= 0.6 is 0 Å². The second-order valence-corrected chi connectivity index (χ2v) is 8.46. The zero-order valence-corrected chi connectivity index (χ0v) is 20.2. The predicted molar refractivity (Wildman–Crippen MR) is 140 cm³/mol. The standard InChI is InChI=1S/C31H29NO4/c1-35-31(34)28(21-23-17-19-27(20-18-23)36-22-24-11-5-2-6-12-24)32-30(33)29(25-13-7-3-8-14-25)26-15-9-4-10-16-26/h2-20,28-29H,21-22H2,1H3,(H,32,33)/t28-/m1/s1. The summed E-state index contributed by atoms with van der Waals surface area (Å²) >= 11 is 0. The van der Waals surface area contributed by atoms with Crippen LogP contribution in [-0.2, 0) is 27.4 Å². The third-order valence-electron chi connectivity index (χ3n) is 5.94. The molecule has 1 atom stereocenters. The van der Waals surface area contributed by atoms with Gasteiger partial charge >= 0.3 is 5.97 Å². The average Bonchev–Trinajstić information content (AvgIpc) is 2.94. The molecule has 0 aliphatic heterocycles.